The molecule has 7 heteroatoms. The van der Waals surface area contributed by atoms with Gasteiger partial charge in [0.15, 0.2) is 0 Å². The molecule has 1 aliphatic heterocycles. The van der Waals surface area contributed by atoms with Crippen molar-refractivity contribution in [3.05, 3.63) is 108 Å². The Morgan fingerprint density at radius 2 is 1.78 bits per heavy atom. The third-order valence-electron chi connectivity index (χ3n) is 5.42. The Kier molecular flexibility index (Phi) is 5.29. The van der Waals surface area contributed by atoms with Crippen LogP contribution in [0.1, 0.15) is 22.1 Å². The second-order valence-corrected chi connectivity index (χ2v) is 7.43. The molecule has 160 valence electrons. The number of imidazole rings is 1. The number of hydrogen-bond acceptors (Lipinski definition) is 4. The second-order valence-electron chi connectivity index (χ2n) is 7.43. The van der Waals surface area contributed by atoms with E-state index in [0.29, 0.717) is 41.4 Å². The molecule has 0 fully saturated rings. The zero-order chi connectivity index (χ0) is 21.9. The highest BCUT2D eigenvalue weighted by atomic mass is 19.1. The lowest BCUT2D eigenvalue weighted by molar-refractivity contribution is 0.0974. The molecular formula is C25H21FN4O2. The smallest absolute Gasteiger partial charge is 0.262 e. The van der Waals surface area contributed by atoms with Crippen LogP contribution in [0.25, 0.3) is 0 Å². The van der Waals surface area contributed by atoms with Crippen molar-refractivity contribution in [2.45, 2.75) is 12.7 Å². The molecule has 0 saturated heterocycles. The Morgan fingerprint density at radius 3 is 2.56 bits per heavy atom. The molecular weight excluding hydrogens is 407 g/mol. The van der Waals surface area contributed by atoms with Gasteiger partial charge in [0.2, 0.25) is 0 Å². The fourth-order valence-electron chi connectivity index (χ4n) is 3.83. The number of amides is 1. The Balaban J connectivity index is 1.42. The monoisotopic (exact) mass is 428 g/mol. The van der Waals surface area contributed by atoms with Gasteiger partial charge in [-0.15, -0.1) is 0 Å². The number of para-hydroxylation sites is 1. The van der Waals surface area contributed by atoms with E-state index in [4.69, 9.17) is 4.74 Å². The number of anilines is 2. The van der Waals surface area contributed by atoms with E-state index in [9.17, 15) is 9.18 Å². The summed E-state index contributed by atoms with van der Waals surface area (Å²) in [5.74, 6) is 0.122. The molecule has 6 nitrogen and oxygen atoms in total. The molecule has 5 rings (SSSR count). The summed E-state index contributed by atoms with van der Waals surface area (Å²) >= 11 is 0. The van der Waals surface area contributed by atoms with E-state index in [0.717, 1.165) is 0 Å². The van der Waals surface area contributed by atoms with Crippen molar-refractivity contribution < 1.29 is 13.9 Å². The first-order valence-electron chi connectivity index (χ1n) is 10.3. The molecule has 0 saturated carbocycles. The van der Waals surface area contributed by atoms with E-state index in [-0.39, 0.29) is 11.7 Å². The number of nitrogens with zero attached hydrogens (tertiary/aromatic N) is 3. The highest BCUT2D eigenvalue weighted by Crippen LogP contribution is 2.37. The van der Waals surface area contributed by atoms with Crippen LogP contribution in [-0.2, 0) is 6.54 Å². The van der Waals surface area contributed by atoms with Gasteiger partial charge in [0.05, 0.1) is 18.4 Å². The van der Waals surface area contributed by atoms with Crippen LogP contribution in [0.5, 0.6) is 5.75 Å². The molecule has 0 radical (unpaired) electrons. The Labute approximate surface area is 184 Å². The summed E-state index contributed by atoms with van der Waals surface area (Å²) in [6.07, 6.45) is 4.67. The molecule has 2 heterocycles. The number of hydrogen-bond donors (Lipinski definition) is 1. The lowest BCUT2D eigenvalue weighted by Crippen LogP contribution is -2.43. The van der Waals surface area contributed by atoms with Gasteiger partial charge in [0, 0.05) is 29.3 Å². The van der Waals surface area contributed by atoms with Gasteiger partial charge in [-0.2, -0.15) is 0 Å². The van der Waals surface area contributed by atoms with Crippen molar-refractivity contribution in [3.8, 4) is 5.75 Å². The van der Waals surface area contributed by atoms with Gasteiger partial charge in [0.25, 0.3) is 5.91 Å². The summed E-state index contributed by atoms with van der Waals surface area (Å²) in [6, 6.07) is 21.0. The van der Waals surface area contributed by atoms with E-state index >= 15 is 0 Å². The van der Waals surface area contributed by atoms with E-state index < -0.39 is 6.17 Å². The van der Waals surface area contributed by atoms with Crippen molar-refractivity contribution in [2.75, 3.05) is 16.8 Å². The number of ether oxygens (including phenoxy) is 1. The standard InChI is InChI=1S/C25H21FN4O2/c26-22-7-3-1-5-20(22)24-28-23-8-4-2-6-21(23)25(31)30(24)18-9-11-19(12-10-18)32-16-15-29-14-13-27-17-29/h1-14,17,24,28H,15-16H2. The van der Waals surface area contributed by atoms with Crippen LogP contribution in [0.2, 0.25) is 0 Å². The first-order chi connectivity index (χ1) is 15.7. The van der Waals surface area contributed by atoms with Crippen LogP contribution in [-0.4, -0.2) is 22.1 Å². The minimum atomic E-state index is -0.674. The minimum Gasteiger partial charge on any atom is -0.492 e. The lowest BCUT2D eigenvalue weighted by atomic mass is 10.0. The number of halogens is 1. The van der Waals surface area contributed by atoms with Crippen molar-refractivity contribution in [3.63, 3.8) is 0 Å². The van der Waals surface area contributed by atoms with Crippen molar-refractivity contribution >= 4 is 17.3 Å². The number of carbonyl (C=O) groups is 1. The molecule has 0 bridgehead atoms. The van der Waals surface area contributed by atoms with E-state index in [1.54, 1.807) is 41.7 Å². The number of nitrogens with one attached hydrogen (secondary N) is 1. The maximum atomic E-state index is 14.7. The molecule has 1 amide bonds. The van der Waals surface area contributed by atoms with Gasteiger partial charge >= 0.3 is 0 Å². The van der Waals surface area contributed by atoms with E-state index in [2.05, 4.69) is 10.3 Å². The van der Waals surface area contributed by atoms with Crippen LogP contribution < -0.4 is 15.0 Å². The number of fused-ring (bicyclic) bond motifs is 1. The van der Waals surface area contributed by atoms with Gasteiger partial charge in [0.1, 0.15) is 24.3 Å². The summed E-state index contributed by atoms with van der Waals surface area (Å²) < 4.78 is 22.4. The molecule has 1 aromatic heterocycles. The van der Waals surface area contributed by atoms with Gasteiger partial charge in [-0.3, -0.25) is 9.69 Å². The van der Waals surface area contributed by atoms with Crippen LogP contribution >= 0.6 is 0 Å². The van der Waals surface area contributed by atoms with E-state index in [1.807, 2.05) is 53.2 Å². The van der Waals surface area contributed by atoms with Gasteiger partial charge in [-0.05, 0) is 42.5 Å². The maximum absolute atomic E-state index is 14.7. The average Bonchev–Trinajstić information content (AvgIpc) is 3.34. The van der Waals surface area contributed by atoms with Gasteiger partial charge in [-0.25, -0.2) is 9.37 Å². The normalized spacial score (nSPS) is 15.2. The predicted octanol–water partition coefficient (Wildman–Crippen LogP) is 4.87. The van der Waals surface area contributed by atoms with Crippen molar-refractivity contribution in [1.82, 2.24) is 9.55 Å². The van der Waals surface area contributed by atoms with Crippen LogP contribution in [0.3, 0.4) is 0 Å². The summed E-state index contributed by atoms with van der Waals surface area (Å²) in [4.78, 5) is 19.0. The molecule has 32 heavy (non-hydrogen) atoms. The summed E-state index contributed by atoms with van der Waals surface area (Å²) in [5.41, 5.74) is 2.27. The predicted molar refractivity (Wildman–Crippen MR) is 120 cm³/mol. The van der Waals surface area contributed by atoms with Crippen molar-refractivity contribution in [1.29, 1.82) is 0 Å². The topological polar surface area (TPSA) is 59.4 Å². The number of aromatic nitrogens is 2. The van der Waals surface area contributed by atoms with Gasteiger partial charge < -0.3 is 14.6 Å². The molecule has 1 aliphatic rings. The molecule has 0 spiro atoms. The summed E-state index contributed by atoms with van der Waals surface area (Å²) in [7, 11) is 0. The molecule has 1 unspecified atom stereocenters. The first-order valence-corrected chi connectivity index (χ1v) is 10.3. The fraction of sp³-hybridized carbons (Fsp3) is 0.120. The SMILES string of the molecule is O=C1c2ccccc2NC(c2ccccc2F)N1c1ccc(OCCn2ccnc2)cc1. The molecule has 1 atom stereocenters. The zero-order valence-corrected chi connectivity index (χ0v) is 17.2. The largest absolute Gasteiger partial charge is 0.492 e. The minimum absolute atomic E-state index is 0.193. The maximum Gasteiger partial charge on any atom is 0.262 e. The lowest BCUT2D eigenvalue weighted by Gasteiger charge is -2.38. The molecule has 3 aromatic carbocycles. The number of benzene rings is 3. The Hall–Kier alpha value is -4.13. The zero-order valence-electron chi connectivity index (χ0n) is 17.2. The highest BCUT2D eigenvalue weighted by molar-refractivity contribution is 6.12. The van der Waals surface area contributed by atoms with Crippen LogP contribution in [0, 0.1) is 5.82 Å². The third kappa shape index (κ3) is 3.80. The first kappa shape index (κ1) is 19.8. The van der Waals surface area contributed by atoms with E-state index in [1.165, 1.54) is 6.07 Å². The quantitative estimate of drug-likeness (QED) is 0.476. The highest BCUT2D eigenvalue weighted by Gasteiger charge is 2.35. The Morgan fingerprint density at radius 1 is 1.00 bits per heavy atom. The van der Waals surface area contributed by atoms with Crippen LogP contribution in [0.15, 0.2) is 91.5 Å². The molecule has 4 aromatic rings. The number of carbonyl (C=O) groups excluding carboxylic acids is 1. The fourth-order valence-corrected chi connectivity index (χ4v) is 3.83. The average molecular weight is 428 g/mol. The Bertz CT molecular complexity index is 1220. The second kappa shape index (κ2) is 8.55. The van der Waals surface area contributed by atoms with Gasteiger partial charge in [-0.1, -0.05) is 30.3 Å². The van der Waals surface area contributed by atoms with Crippen LogP contribution in [0.4, 0.5) is 15.8 Å². The molecule has 1 N–H and O–H groups in total. The third-order valence-corrected chi connectivity index (χ3v) is 5.42. The van der Waals surface area contributed by atoms with Crippen molar-refractivity contribution in [2.24, 2.45) is 0 Å². The summed E-state index contributed by atoms with van der Waals surface area (Å²) in [6.45, 7) is 1.17. The summed E-state index contributed by atoms with van der Waals surface area (Å²) in [5, 5.41) is 3.32. The molecule has 0 aliphatic carbocycles. The number of rotatable bonds is 6.